The maximum absolute atomic E-state index is 6.28. The SMILES string of the molecule is CC(C)Oc1ccc(-c2cc(-c3ccncc3Cl)[nH]n2)cc1Cl. The van der Waals surface area contributed by atoms with Crippen molar-refractivity contribution in [3.63, 3.8) is 0 Å². The molecular formula is C17H15Cl2N3O. The van der Waals surface area contributed by atoms with Gasteiger partial charge in [-0.25, -0.2) is 0 Å². The van der Waals surface area contributed by atoms with Crippen LogP contribution < -0.4 is 4.74 Å². The molecule has 2 aromatic heterocycles. The number of hydrogen-bond acceptors (Lipinski definition) is 3. The maximum atomic E-state index is 6.28. The van der Waals surface area contributed by atoms with Crippen molar-refractivity contribution in [2.45, 2.75) is 20.0 Å². The minimum absolute atomic E-state index is 0.0733. The van der Waals surface area contributed by atoms with E-state index in [1.54, 1.807) is 12.4 Å². The molecule has 6 heteroatoms. The van der Waals surface area contributed by atoms with Gasteiger partial charge in [-0.3, -0.25) is 10.1 Å². The lowest BCUT2D eigenvalue weighted by atomic mass is 10.1. The molecule has 0 fully saturated rings. The largest absolute Gasteiger partial charge is 0.489 e. The Morgan fingerprint density at radius 3 is 2.61 bits per heavy atom. The van der Waals surface area contributed by atoms with Crippen LogP contribution in [0.3, 0.4) is 0 Å². The molecular weight excluding hydrogens is 333 g/mol. The van der Waals surface area contributed by atoms with E-state index in [-0.39, 0.29) is 6.10 Å². The third-order valence-corrected chi connectivity index (χ3v) is 3.83. The fourth-order valence-electron chi connectivity index (χ4n) is 2.21. The fourth-order valence-corrected chi connectivity index (χ4v) is 2.66. The molecule has 0 saturated carbocycles. The number of hydrogen-bond donors (Lipinski definition) is 1. The molecule has 3 rings (SSSR count). The van der Waals surface area contributed by atoms with E-state index in [4.69, 9.17) is 27.9 Å². The Kier molecular flexibility index (Phi) is 4.55. The van der Waals surface area contributed by atoms with Crippen LogP contribution in [0.5, 0.6) is 5.75 Å². The first-order valence-corrected chi connectivity index (χ1v) is 7.92. The van der Waals surface area contributed by atoms with Gasteiger partial charge in [0.25, 0.3) is 0 Å². The number of halogens is 2. The van der Waals surface area contributed by atoms with Crippen LogP contribution in [0.4, 0.5) is 0 Å². The zero-order valence-corrected chi connectivity index (χ0v) is 14.2. The van der Waals surface area contributed by atoms with Gasteiger partial charge in [0.05, 0.1) is 27.5 Å². The third kappa shape index (κ3) is 3.49. The lowest BCUT2D eigenvalue weighted by Crippen LogP contribution is -2.05. The minimum atomic E-state index is 0.0733. The fraction of sp³-hybridized carbons (Fsp3) is 0.176. The summed E-state index contributed by atoms with van der Waals surface area (Å²) in [4.78, 5) is 3.98. The second-order valence-electron chi connectivity index (χ2n) is 5.33. The Labute approximate surface area is 144 Å². The number of pyridine rings is 1. The van der Waals surface area contributed by atoms with E-state index in [0.29, 0.717) is 15.8 Å². The summed E-state index contributed by atoms with van der Waals surface area (Å²) in [5.41, 5.74) is 3.36. The molecule has 4 nitrogen and oxygen atoms in total. The molecule has 1 aromatic carbocycles. The van der Waals surface area contributed by atoms with Crippen molar-refractivity contribution in [3.8, 4) is 28.3 Å². The monoisotopic (exact) mass is 347 g/mol. The normalized spacial score (nSPS) is 11.0. The first-order chi connectivity index (χ1) is 11.0. The van der Waals surface area contributed by atoms with Crippen molar-refractivity contribution < 1.29 is 4.74 Å². The molecule has 3 aromatic rings. The van der Waals surface area contributed by atoms with Crippen molar-refractivity contribution in [2.75, 3.05) is 0 Å². The van der Waals surface area contributed by atoms with E-state index < -0.39 is 0 Å². The van der Waals surface area contributed by atoms with Gasteiger partial charge in [-0.05, 0) is 44.2 Å². The molecule has 0 aliphatic carbocycles. The number of H-pyrrole nitrogens is 1. The molecule has 1 N–H and O–H groups in total. The van der Waals surface area contributed by atoms with Crippen LogP contribution in [0.2, 0.25) is 10.0 Å². The Hall–Kier alpha value is -2.04. The van der Waals surface area contributed by atoms with Crippen molar-refractivity contribution in [1.82, 2.24) is 15.2 Å². The van der Waals surface area contributed by atoms with E-state index in [1.807, 2.05) is 44.2 Å². The number of ether oxygens (including phenoxy) is 1. The molecule has 0 atom stereocenters. The summed E-state index contributed by atoms with van der Waals surface area (Å²) in [5.74, 6) is 0.665. The first-order valence-electron chi connectivity index (χ1n) is 7.16. The number of benzene rings is 1. The molecule has 23 heavy (non-hydrogen) atoms. The van der Waals surface area contributed by atoms with Gasteiger partial charge < -0.3 is 4.74 Å². The predicted molar refractivity (Wildman–Crippen MR) is 93.0 cm³/mol. The molecule has 0 aliphatic rings. The summed E-state index contributed by atoms with van der Waals surface area (Å²) < 4.78 is 5.64. The topological polar surface area (TPSA) is 50.8 Å². The zero-order valence-electron chi connectivity index (χ0n) is 12.7. The van der Waals surface area contributed by atoms with Gasteiger partial charge in [0, 0.05) is 23.5 Å². The highest BCUT2D eigenvalue weighted by atomic mass is 35.5. The van der Waals surface area contributed by atoms with Crippen molar-refractivity contribution in [1.29, 1.82) is 0 Å². The average Bonchev–Trinajstić information content (AvgIpc) is 2.99. The smallest absolute Gasteiger partial charge is 0.138 e. The van der Waals surface area contributed by atoms with Gasteiger partial charge in [0.2, 0.25) is 0 Å². The highest BCUT2D eigenvalue weighted by Crippen LogP contribution is 2.32. The second-order valence-corrected chi connectivity index (χ2v) is 6.15. The Balaban J connectivity index is 1.92. The molecule has 2 heterocycles. The summed E-state index contributed by atoms with van der Waals surface area (Å²) in [6, 6.07) is 9.39. The second kappa shape index (κ2) is 6.60. The van der Waals surface area contributed by atoms with E-state index in [1.165, 1.54) is 0 Å². The van der Waals surface area contributed by atoms with Gasteiger partial charge in [-0.2, -0.15) is 5.10 Å². The summed E-state index contributed by atoms with van der Waals surface area (Å²) in [5, 5.41) is 8.45. The minimum Gasteiger partial charge on any atom is -0.489 e. The van der Waals surface area contributed by atoms with E-state index >= 15 is 0 Å². The summed E-state index contributed by atoms with van der Waals surface area (Å²) in [6.45, 7) is 3.92. The van der Waals surface area contributed by atoms with Crippen molar-refractivity contribution >= 4 is 23.2 Å². The van der Waals surface area contributed by atoms with Gasteiger partial charge in [-0.15, -0.1) is 0 Å². The first kappa shape index (κ1) is 15.8. The standard InChI is InChI=1S/C17H15Cl2N3O/c1-10(2)23-17-4-3-11(7-13(17)18)15-8-16(22-21-15)12-5-6-20-9-14(12)19/h3-10H,1-2H3,(H,21,22). The van der Waals surface area contributed by atoms with Gasteiger partial charge in [0.1, 0.15) is 5.75 Å². The average molecular weight is 348 g/mol. The summed E-state index contributed by atoms with van der Waals surface area (Å²) >= 11 is 12.4. The molecule has 0 radical (unpaired) electrons. The van der Waals surface area contributed by atoms with Crippen LogP contribution >= 0.6 is 23.2 Å². The zero-order chi connectivity index (χ0) is 16.4. The van der Waals surface area contributed by atoms with Crippen LogP contribution in [0.25, 0.3) is 22.5 Å². The van der Waals surface area contributed by atoms with Crippen LogP contribution in [-0.2, 0) is 0 Å². The van der Waals surface area contributed by atoms with Gasteiger partial charge in [-0.1, -0.05) is 23.2 Å². The number of rotatable bonds is 4. The molecule has 0 spiro atoms. The molecule has 0 aliphatic heterocycles. The highest BCUT2D eigenvalue weighted by Gasteiger charge is 2.11. The van der Waals surface area contributed by atoms with Crippen LogP contribution in [-0.4, -0.2) is 21.3 Å². The molecule has 0 saturated heterocycles. The predicted octanol–water partition coefficient (Wildman–Crippen LogP) is 5.23. The Morgan fingerprint density at radius 1 is 1.09 bits per heavy atom. The number of nitrogens with zero attached hydrogens (tertiary/aromatic N) is 2. The number of aromatic nitrogens is 3. The third-order valence-electron chi connectivity index (χ3n) is 3.23. The molecule has 0 amide bonds. The summed E-state index contributed by atoms with van der Waals surface area (Å²) in [6.07, 6.45) is 3.37. The van der Waals surface area contributed by atoms with Crippen LogP contribution in [0.1, 0.15) is 13.8 Å². The molecule has 0 unspecified atom stereocenters. The van der Waals surface area contributed by atoms with Gasteiger partial charge in [0.15, 0.2) is 0 Å². The number of nitrogens with one attached hydrogen (secondary N) is 1. The highest BCUT2D eigenvalue weighted by molar-refractivity contribution is 6.33. The lowest BCUT2D eigenvalue weighted by molar-refractivity contribution is 0.242. The van der Waals surface area contributed by atoms with Crippen LogP contribution in [0, 0.1) is 0 Å². The summed E-state index contributed by atoms with van der Waals surface area (Å²) in [7, 11) is 0. The van der Waals surface area contributed by atoms with Gasteiger partial charge >= 0.3 is 0 Å². The number of aromatic amines is 1. The molecule has 0 bridgehead atoms. The lowest BCUT2D eigenvalue weighted by Gasteiger charge is -2.11. The maximum Gasteiger partial charge on any atom is 0.138 e. The Morgan fingerprint density at radius 2 is 1.91 bits per heavy atom. The molecule has 118 valence electrons. The Bertz CT molecular complexity index is 830. The quantitative estimate of drug-likeness (QED) is 0.702. The van der Waals surface area contributed by atoms with E-state index in [0.717, 1.165) is 22.5 Å². The van der Waals surface area contributed by atoms with Crippen molar-refractivity contribution in [2.24, 2.45) is 0 Å². The van der Waals surface area contributed by atoms with Crippen LogP contribution in [0.15, 0.2) is 42.7 Å². The van der Waals surface area contributed by atoms with E-state index in [9.17, 15) is 0 Å². The van der Waals surface area contributed by atoms with Crippen molar-refractivity contribution in [3.05, 3.63) is 52.8 Å². The van der Waals surface area contributed by atoms with E-state index in [2.05, 4.69) is 15.2 Å².